The third-order valence-electron chi connectivity index (χ3n) is 4.79. The van der Waals surface area contributed by atoms with E-state index in [1.807, 2.05) is 27.7 Å². The molecule has 0 aromatic heterocycles. The van der Waals surface area contributed by atoms with Gasteiger partial charge in [0.1, 0.15) is 5.60 Å². The van der Waals surface area contributed by atoms with Gasteiger partial charge in [0.2, 0.25) is 0 Å². The zero-order valence-corrected chi connectivity index (χ0v) is 15.4. The molecular formula is C17H33N3O4. The van der Waals surface area contributed by atoms with Crippen molar-refractivity contribution in [1.29, 1.82) is 0 Å². The molecule has 7 nitrogen and oxygen atoms in total. The molecule has 2 atom stereocenters. The summed E-state index contributed by atoms with van der Waals surface area (Å²) < 4.78 is 5.24. The molecule has 0 saturated heterocycles. The summed E-state index contributed by atoms with van der Waals surface area (Å²) in [5.74, 6) is 0.0999. The number of nitrogens with two attached hydrogens (primary N) is 1. The molecule has 0 heterocycles. The first-order chi connectivity index (χ1) is 11.1. The molecule has 5 N–H and O–H groups in total. The number of hydrogen-bond acceptors (Lipinski definition) is 4. The van der Waals surface area contributed by atoms with Crippen LogP contribution in [0.4, 0.5) is 9.59 Å². The van der Waals surface area contributed by atoms with Gasteiger partial charge in [-0.05, 0) is 71.3 Å². The zero-order chi connectivity index (χ0) is 18.4. The molecule has 0 aromatic rings. The number of amides is 2. The molecule has 1 aliphatic carbocycles. The van der Waals surface area contributed by atoms with Crippen LogP contribution >= 0.6 is 0 Å². The molecule has 1 aliphatic rings. The predicted octanol–water partition coefficient (Wildman–Crippen LogP) is 2.69. The van der Waals surface area contributed by atoms with Crippen LogP contribution in [0.1, 0.15) is 59.8 Å². The first-order valence-electron chi connectivity index (χ1n) is 8.73. The summed E-state index contributed by atoms with van der Waals surface area (Å²) in [6, 6.07) is -0.177. The molecule has 1 saturated carbocycles. The van der Waals surface area contributed by atoms with Gasteiger partial charge >= 0.3 is 12.2 Å². The Morgan fingerprint density at radius 1 is 1.33 bits per heavy atom. The van der Waals surface area contributed by atoms with Crippen molar-refractivity contribution in [3.63, 3.8) is 0 Å². The van der Waals surface area contributed by atoms with Gasteiger partial charge in [0.25, 0.3) is 0 Å². The van der Waals surface area contributed by atoms with Crippen LogP contribution < -0.4 is 16.4 Å². The van der Waals surface area contributed by atoms with Crippen molar-refractivity contribution in [1.82, 2.24) is 10.6 Å². The van der Waals surface area contributed by atoms with E-state index in [1.54, 1.807) is 0 Å². The molecule has 24 heavy (non-hydrogen) atoms. The Morgan fingerprint density at radius 2 is 1.96 bits per heavy atom. The third kappa shape index (κ3) is 6.95. The molecule has 0 bridgehead atoms. The van der Waals surface area contributed by atoms with Crippen LogP contribution in [-0.2, 0) is 4.74 Å². The van der Waals surface area contributed by atoms with Crippen LogP contribution in [0.3, 0.4) is 0 Å². The molecule has 0 spiro atoms. The van der Waals surface area contributed by atoms with Crippen molar-refractivity contribution in [2.75, 3.05) is 13.1 Å². The summed E-state index contributed by atoms with van der Waals surface area (Å²) in [4.78, 5) is 22.6. The SMILES string of the molecule is C[C@@H](NC(=O)O)C(CN)CC1(CCNC(=O)OC(C)(C)C)CCC1. The molecule has 0 aromatic carbocycles. The second-order valence-electron chi connectivity index (χ2n) is 7.97. The number of rotatable bonds is 8. The number of ether oxygens (including phenoxy) is 1. The largest absolute Gasteiger partial charge is 0.465 e. The average Bonchev–Trinajstić information content (AvgIpc) is 2.37. The summed E-state index contributed by atoms with van der Waals surface area (Å²) in [7, 11) is 0. The first-order valence-corrected chi connectivity index (χ1v) is 8.73. The van der Waals surface area contributed by atoms with Gasteiger partial charge in [0, 0.05) is 12.6 Å². The lowest BCUT2D eigenvalue weighted by Gasteiger charge is -2.45. The lowest BCUT2D eigenvalue weighted by molar-refractivity contribution is 0.0470. The van der Waals surface area contributed by atoms with Crippen LogP contribution in [0.5, 0.6) is 0 Å². The Labute approximate surface area is 144 Å². The summed E-state index contributed by atoms with van der Waals surface area (Å²) in [5.41, 5.74) is 5.51. The van der Waals surface area contributed by atoms with E-state index >= 15 is 0 Å². The molecule has 7 heteroatoms. The van der Waals surface area contributed by atoms with Crippen LogP contribution in [0.2, 0.25) is 0 Å². The maximum Gasteiger partial charge on any atom is 0.407 e. The molecule has 1 unspecified atom stereocenters. The van der Waals surface area contributed by atoms with Crippen molar-refractivity contribution < 1.29 is 19.4 Å². The Balaban J connectivity index is 2.48. The Bertz CT molecular complexity index is 430. The van der Waals surface area contributed by atoms with Gasteiger partial charge < -0.3 is 26.2 Å². The Kier molecular flexibility index (Phi) is 7.32. The van der Waals surface area contributed by atoms with Gasteiger partial charge in [0.15, 0.2) is 0 Å². The van der Waals surface area contributed by atoms with E-state index in [0.29, 0.717) is 13.1 Å². The van der Waals surface area contributed by atoms with Crippen LogP contribution in [0.15, 0.2) is 0 Å². The highest BCUT2D eigenvalue weighted by Crippen LogP contribution is 2.48. The molecule has 2 amide bonds. The monoisotopic (exact) mass is 343 g/mol. The molecule has 1 rings (SSSR count). The fourth-order valence-corrected chi connectivity index (χ4v) is 3.31. The lowest BCUT2D eigenvalue weighted by Crippen LogP contribution is -2.45. The molecule has 1 fully saturated rings. The third-order valence-corrected chi connectivity index (χ3v) is 4.79. The molecule has 140 valence electrons. The highest BCUT2D eigenvalue weighted by Gasteiger charge is 2.39. The van der Waals surface area contributed by atoms with E-state index in [4.69, 9.17) is 15.6 Å². The highest BCUT2D eigenvalue weighted by atomic mass is 16.6. The van der Waals surface area contributed by atoms with Gasteiger partial charge in [-0.25, -0.2) is 9.59 Å². The van der Waals surface area contributed by atoms with Crippen molar-refractivity contribution in [3.8, 4) is 0 Å². The molecular weight excluding hydrogens is 310 g/mol. The normalized spacial score (nSPS) is 18.9. The number of carboxylic acid groups (broad SMARTS) is 1. The minimum absolute atomic E-state index is 0.0999. The second-order valence-corrected chi connectivity index (χ2v) is 7.97. The number of carbonyl (C=O) groups excluding carboxylic acids is 1. The number of hydrogen-bond donors (Lipinski definition) is 4. The summed E-state index contributed by atoms with van der Waals surface area (Å²) in [5, 5.41) is 14.2. The fourth-order valence-electron chi connectivity index (χ4n) is 3.31. The maximum atomic E-state index is 11.7. The van der Waals surface area contributed by atoms with Gasteiger partial charge in [0.05, 0.1) is 0 Å². The first kappa shape index (κ1) is 20.5. The van der Waals surface area contributed by atoms with Gasteiger partial charge in [-0.3, -0.25) is 0 Å². The quantitative estimate of drug-likeness (QED) is 0.541. The predicted molar refractivity (Wildman–Crippen MR) is 92.9 cm³/mol. The topological polar surface area (TPSA) is 114 Å². The summed E-state index contributed by atoms with van der Waals surface area (Å²) in [6.45, 7) is 8.38. The van der Waals surface area contributed by atoms with E-state index in [2.05, 4.69) is 10.6 Å². The summed E-state index contributed by atoms with van der Waals surface area (Å²) in [6.07, 6.45) is 3.69. The minimum atomic E-state index is -1.02. The van der Waals surface area contributed by atoms with Crippen LogP contribution in [0.25, 0.3) is 0 Å². The zero-order valence-electron chi connectivity index (χ0n) is 15.4. The second kappa shape index (κ2) is 8.55. The van der Waals surface area contributed by atoms with E-state index in [-0.39, 0.29) is 17.4 Å². The Morgan fingerprint density at radius 3 is 2.38 bits per heavy atom. The number of carbonyl (C=O) groups is 2. The number of alkyl carbamates (subject to hydrolysis) is 1. The summed E-state index contributed by atoms with van der Waals surface area (Å²) >= 11 is 0. The standard InChI is InChI=1S/C17H33N3O4/c1-12(20-14(21)22)13(11-18)10-17(6-5-7-17)8-9-19-15(23)24-16(2,3)4/h12-13,20H,5-11,18H2,1-4H3,(H,19,23)(H,21,22)/t12-,13?/m1/s1. The highest BCUT2D eigenvalue weighted by molar-refractivity contribution is 5.67. The number of nitrogens with one attached hydrogen (secondary N) is 2. The van der Waals surface area contributed by atoms with Gasteiger partial charge in [-0.2, -0.15) is 0 Å². The average molecular weight is 343 g/mol. The fraction of sp³-hybridized carbons (Fsp3) is 0.882. The molecule has 0 radical (unpaired) electrons. The molecule has 0 aliphatic heterocycles. The van der Waals surface area contributed by atoms with Crippen molar-refractivity contribution in [3.05, 3.63) is 0 Å². The van der Waals surface area contributed by atoms with E-state index in [9.17, 15) is 9.59 Å². The maximum absolute atomic E-state index is 11.7. The van der Waals surface area contributed by atoms with Gasteiger partial charge in [-0.1, -0.05) is 6.42 Å². The van der Waals surface area contributed by atoms with Crippen molar-refractivity contribution in [2.24, 2.45) is 17.1 Å². The minimum Gasteiger partial charge on any atom is -0.465 e. The van der Waals surface area contributed by atoms with Crippen molar-refractivity contribution in [2.45, 2.75) is 71.4 Å². The lowest BCUT2D eigenvalue weighted by atomic mass is 9.61. The van der Waals surface area contributed by atoms with E-state index in [0.717, 1.165) is 25.7 Å². The smallest absolute Gasteiger partial charge is 0.407 e. The van der Waals surface area contributed by atoms with Crippen LogP contribution in [-0.4, -0.2) is 42.0 Å². The Hall–Kier alpha value is -1.50. The van der Waals surface area contributed by atoms with Crippen LogP contribution in [0, 0.1) is 11.3 Å². The van der Waals surface area contributed by atoms with E-state index < -0.39 is 17.8 Å². The van der Waals surface area contributed by atoms with Gasteiger partial charge in [-0.15, -0.1) is 0 Å². The van der Waals surface area contributed by atoms with E-state index in [1.165, 1.54) is 6.42 Å². The van der Waals surface area contributed by atoms with Crippen molar-refractivity contribution >= 4 is 12.2 Å².